The van der Waals surface area contributed by atoms with E-state index in [9.17, 15) is 5.11 Å². The molecule has 10 aromatic rings. The SMILES string of the molecule is CC(C)c1cc(-c2ccc3c(c2)oc2ccccc23)cc(C(C)C)c1-c1cc(-c2ccccn2)nc(-c2cccc3c2nc(-c2cc(C(C)(C)C)cc(C(C)(C)C)c2O)n3-c2c(C(C)C)cccc2C(C)C)c1.[Pt]. The molecule has 6 aromatic carbocycles. The summed E-state index contributed by atoms with van der Waals surface area (Å²) in [6, 6.07) is 47.7. The van der Waals surface area contributed by atoms with Crippen molar-refractivity contribution >= 4 is 33.0 Å². The molecule has 0 radical (unpaired) electrons. The predicted octanol–water partition coefficient (Wildman–Crippen LogP) is 18.8. The number of pyridine rings is 2. The first-order valence-corrected chi connectivity index (χ1v) is 26.3. The Morgan fingerprint density at radius 2 is 1.12 bits per heavy atom. The second-order valence-corrected chi connectivity index (χ2v) is 23.4. The molecule has 0 aliphatic heterocycles. The molecule has 7 heteroatoms. The first-order valence-electron chi connectivity index (χ1n) is 26.3. The van der Waals surface area contributed by atoms with Gasteiger partial charge < -0.3 is 9.52 Å². The van der Waals surface area contributed by atoms with Gasteiger partial charge in [0.25, 0.3) is 0 Å². The number of para-hydroxylation sites is 3. The van der Waals surface area contributed by atoms with Crippen molar-refractivity contribution < 1.29 is 30.6 Å². The van der Waals surface area contributed by atoms with Crippen molar-refractivity contribution in [3.05, 3.63) is 173 Å². The van der Waals surface area contributed by atoms with Gasteiger partial charge in [-0.3, -0.25) is 9.55 Å². The Hall–Kier alpha value is -6.62. The number of furan rings is 1. The smallest absolute Gasteiger partial charge is 0.149 e. The maximum absolute atomic E-state index is 12.7. The van der Waals surface area contributed by atoms with Crippen LogP contribution in [0.4, 0.5) is 0 Å². The molecule has 74 heavy (non-hydrogen) atoms. The topological polar surface area (TPSA) is 77.0 Å². The van der Waals surface area contributed by atoms with Gasteiger partial charge in [0.05, 0.1) is 39.4 Å². The quantitative estimate of drug-likeness (QED) is 0.148. The number of phenols is 1. The Labute approximate surface area is 452 Å². The molecule has 0 fully saturated rings. The zero-order valence-corrected chi connectivity index (χ0v) is 47.8. The Kier molecular flexibility index (Phi) is 14.1. The molecule has 0 aliphatic carbocycles. The maximum Gasteiger partial charge on any atom is 0.149 e. The average Bonchev–Trinajstić information content (AvgIpc) is 3.93. The van der Waals surface area contributed by atoms with Crippen LogP contribution in [0.15, 0.2) is 144 Å². The Bertz CT molecular complexity index is 3670. The molecule has 0 saturated heterocycles. The van der Waals surface area contributed by atoms with Gasteiger partial charge in [0.15, 0.2) is 0 Å². The van der Waals surface area contributed by atoms with E-state index in [1.165, 1.54) is 27.8 Å². The third kappa shape index (κ3) is 9.44. The number of imidazole rings is 1. The molecule has 0 atom stereocenters. The van der Waals surface area contributed by atoms with Gasteiger partial charge in [-0.15, -0.1) is 0 Å². The summed E-state index contributed by atoms with van der Waals surface area (Å²) < 4.78 is 8.75. The van der Waals surface area contributed by atoms with Crippen LogP contribution in [-0.2, 0) is 31.9 Å². The molecule has 0 amide bonds. The van der Waals surface area contributed by atoms with Crippen LogP contribution in [0.1, 0.15) is 154 Å². The monoisotopic (exact) mass is 1160 g/mol. The van der Waals surface area contributed by atoms with Gasteiger partial charge in [-0.2, -0.15) is 0 Å². The van der Waals surface area contributed by atoms with E-state index in [0.717, 1.165) is 89.1 Å². The van der Waals surface area contributed by atoms with Crippen LogP contribution >= 0.6 is 0 Å². The number of hydrogen-bond acceptors (Lipinski definition) is 5. The first-order chi connectivity index (χ1) is 34.7. The summed E-state index contributed by atoms with van der Waals surface area (Å²) in [6.07, 6.45) is 1.84. The molecule has 10 rings (SSSR count). The van der Waals surface area contributed by atoms with Crippen LogP contribution in [0.5, 0.6) is 5.75 Å². The molecule has 4 heterocycles. The van der Waals surface area contributed by atoms with Gasteiger partial charge in [0.2, 0.25) is 0 Å². The number of benzene rings is 6. The second-order valence-electron chi connectivity index (χ2n) is 23.4. The molecule has 380 valence electrons. The first kappa shape index (κ1) is 52.2. The summed E-state index contributed by atoms with van der Waals surface area (Å²) in [5.74, 6) is 1.78. The molecule has 0 bridgehead atoms. The minimum absolute atomic E-state index is 0. The third-order valence-corrected chi connectivity index (χ3v) is 14.7. The molecule has 4 aromatic heterocycles. The predicted molar refractivity (Wildman–Crippen MR) is 307 cm³/mol. The van der Waals surface area contributed by atoms with Gasteiger partial charge in [-0.1, -0.05) is 176 Å². The fourth-order valence-electron chi connectivity index (χ4n) is 10.8. The number of aromatic nitrogens is 4. The summed E-state index contributed by atoms with van der Waals surface area (Å²) in [7, 11) is 0. The molecule has 0 aliphatic rings. The minimum atomic E-state index is -0.336. The molecule has 1 N–H and O–H groups in total. The minimum Gasteiger partial charge on any atom is -0.507 e. The number of hydrogen-bond donors (Lipinski definition) is 1. The van der Waals surface area contributed by atoms with E-state index in [1.807, 2.05) is 36.5 Å². The van der Waals surface area contributed by atoms with E-state index in [-0.39, 0.29) is 61.3 Å². The van der Waals surface area contributed by atoms with Crippen molar-refractivity contribution in [3.8, 4) is 67.7 Å². The largest absolute Gasteiger partial charge is 0.507 e. The number of aromatic hydroxyl groups is 1. The maximum atomic E-state index is 12.7. The van der Waals surface area contributed by atoms with Crippen LogP contribution in [0.3, 0.4) is 0 Å². The number of rotatable bonds is 10. The Morgan fingerprint density at radius 1 is 0.500 bits per heavy atom. The third-order valence-electron chi connectivity index (χ3n) is 14.7. The van der Waals surface area contributed by atoms with Crippen molar-refractivity contribution in [2.75, 3.05) is 0 Å². The zero-order valence-electron chi connectivity index (χ0n) is 45.5. The molecule has 0 spiro atoms. The van der Waals surface area contributed by atoms with Crippen LogP contribution < -0.4 is 0 Å². The zero-order chi connectivity index (χ0) is 51.8. The second kappa shape index (κ2) is 19.9. The van der Waals surface area contributed by atoms with Crippen molar-refractivity contribution in [2.45, 2.75) is 131 Å². The molecular weight excluding hydrogens is 1090 g/mol. The van der Waals surface area contributed by atoms with Crippen molar-refractivity contribution in [2.24, 2.45) is 0 Å². The van der Waals surface area contributed by atoms with E-state index in [0.29, 0.717) is 11.4 Å². The van der Waals surface area contributed by atoms with Gasteiger partial charge in [0.1, 0.15) is 22.7 Å². The van der Waals surface area contributed by atoms with Crippen molar-refractivity contribution in [1.82, 2.24) is 19.5 Å². The van der Waals surface area contributed by atoms with Gasteiger partial charge in [-0.25, -0.2) is 9.97 Å². The molecule has 6 nitrogen and oxygen atoms in total. The fraction of sp³-hybridized carbons (Fsp3) is 0.299. The van der Waals surface area contributed by atoms with E-state index < -0.39 is 0 Å². The van der Waals surface area contributed by atoms with Crippen LogP contribution in [0.2, 0.25) is 0 Å². The molecule has 0 unspecified atom stereocenters. The average molecular weight is 1160 g/mol. The van der Waals surface area contributed by atoms with E-state index in [1.54, 1.807) is 0 Å². The van der Waals surface area contributed by atoms with Crippen molar-refractivity contribution in [1.29, 1.82) is 0 Å². The van der Waals surface area contributed by atoms with Crippen LogP contribution in [-0.4, -0.2) is 24.6 Å². The summed E-state index contributed by atoms with van der Waals surface area (Å²) in [5.41, 5.74) is 19.7. The van der Waals surface area contributed by atoms with Gasteiger partial charge in [0, 0.05) is 49.2 Å². The van der Waals surface area contributed by atoms with E-state index >= 15 is 0 Å². The van der Waals surface area contributed by atoms with Crippen LogP contribution in [0.25, 0.3) is 94.9 Å². The van der Waals surface area contributed by atoms with Crippen LogP contribution in [0, 0.1) is 0 Å². The summed E-state index contributed by atoms with van der Waals surface area (Å²) in [6.45, 7) is 31.5. The Balaban J connectivity index is 0.00000672. The van der Waals surface area contributed by atoms with E-state index in [2.05, 4.69) is 205 Å². The normalized spacial score (nSPS) is 12.4. The summed E-state index contributed by atoms with van der Waals surface area (Å²) >= 11 is 0. The molecule has 0 saturated carbocycles. The fourth-order valence-corrected chi connectivity index (χ4v) is 10.8. The number of fused-ring (bicyclic) bond motifs is 4. The standard InChI is InChI=1S/C67H70N4O2.Pt/c1-38(2)46-22-19-23-47(39(3)4)63(46)71-58-26-20-24-50(62(58)70-65(71)53-36-45(66(9,10)11)37-54(64(53)72)67(12,13)14)56-33-44(34-57(69-56)55-25-17-18-30-68-55)61-51(40(5)6)31-43(32-52(61)41(7)8)42-28-29-49-48-21-15-16-27-59(48)73-60(49)35-42;/h15-41,72H,1-14H3;. The summed E-state index contributed by atoms with van der Waals surface area (Å²) in [5, 5.41) is 14.9. The molecular formula is C67H70N4O2Pt. The van der Waals surface area contributed by atoms with Crippen molar-refractivity contribution in [3.63, 3.8) is 0 Å². The number of nitrogens with zero attached hydrogens (tertiary/aromatic N) is 4. The summed E-state index contributed by atoms with van der Waals surface area (Å²) in [4.78, 5) is 16.2. The number of phenolic OH excluding ortho intramolecular Hbond substituents is 1. The Morgan fingerprint density at radius 3 is 1.74 bits per heavy atom. The van der Waals surface area contributed by atoms with Gasteiger partial charge in [-0.05, 0) is 139 Å². The van der Waals surface area contributed by atoms with E-state index in [4.69, 9.17) is 19.4 Å². The van der Waals surface area contributed by atoms with Gasteiger partial charge >= 0.3 is 0 Å².